The van der Waals surface area contributed by atoms with Crippen LogP contribution in [-0.4, -0.2) is 38.9 Å². The summed E-state index contributed by atoms with van der Waals surface area (Å²) in [5.41, 5.74) is 0.839. The van der Waals surface area contributed by atoms with E-state index in [1.165, 1.54) is 0 Å². The van der Waals surface area contributed by atoms with Crippen molar-refractivity contribution in [1.29, 1.82) is 0 Å². The van der Waals surface area contributed by atoms with Crippen LogP contribution in [-0.2, 0) is 11.2 Å². The van der Waals surface area contributed by atoms with Gasteiger partial charge in [-0.15, -0.1) is 5.10 Å². The standard InChI is InChI=1S/C15H16Cl2N4O/c16-13-2-1-3-14(17)12(13)4-5-15(22)20-8-6-11(10-20)21-9-7-18-19-21/h1-3,7,9,11H,4-6,8,10H2. The van der Waals surface area contributed by atoms with Crippen LogP contribution in [0.25, 0.3) is 0 Å². The van der Waals surface area contributed by atoms with Crippen molar-refractivity contribution in [3.8, 4) is 0 Å². The molecule has 0 N–H and O–H groups in total. The first-order valence-corrected chi connectivity index (χ1v) is 7.97. The molecular weight excluding hydrogens is 323 g/mol. The van der Waals surface area contributed by atoms with Crippen LogP contribution in [0.1, 0.15) is 24.4 Å². The first-order chi connectivity index (χ1) is 10.6. The van der Waals surface area contributed by atoms with Crippen molar-refractivity contribution in [1.82, 2.24) is 19.9 Å². The van der Waals surface area contributed by atoms with E-state index in [-0.39, 0.29) is 11.9 Å². The number of benzene rings is 1. The topological polar surface area (TPSA) is 51.0 Å². The Hall–Kier alpha value is -1.59. The van der Waals surface area contributed by atoms with E-state index in [0.717, 1.165) is 18.5 Å². The molecule has 1 fully saturated rings. The lowest BCUT2D eigenvalue weighted by Crippen LogP contribution is -2.29. The van der Waals surface area contributed by atoms with Gasteiger partial charge in [0.05, 0.1) is 12.2 Å². The Morgan fingerprint density at radius 3 is 2.77 bits per heavy atom. The number of carbonyl (C=O) groups excluding carboxylic acids is 1. The second-order valence-electron chi connectivity index (χ2n) is 5.37. The van der Waals surface area contributed by atoms with Gasteiger partial charge in [0, 0.05) is 35.8 Å². The molecule has 0 saturated carbocycles. The summed E-state index contributed by atoms with van der Waals surface area (Å²) in [4.78, 5) is 14.2. The van der Waals surface area contributed by atoms with Gasteiger partial charge in [0.25, 0.3) is 0 Å². The maximum atomic E-state index is 12.4. The van der Waals surface area contributed by atoms with Crippen LogP contribution in [0.15, 0.2) is 30.6 Å². The molecule has 2 heterocycles. The van der Waals surface area contributed by atoms with Gasteiger partial charge in [-0.05, 0) is 30.5 Å². The first-order valence-electron chi connectivity index (χ1n) is 7.21. The lowest BCUT2D eigenvalue weighted by atomic mass is 10.1. The van der Waals surface area contributed by atoms with Crippen molar-refractivity contribution in [3.63, 3.8) is 0 Å². The number of hydrogen-bond donors (Lipinski definition) is 0. The first kappa shape index (κ1) is 15.3. The zero-order chi connectivity index (χ0) is 15.5. The van der Waals surface area contributed by atoms with Gasteiger partial charge in [-0.2, -0.15) is 0 Å². The average molecular weight is 339 g/mol. The minimum atomic E-state index is 0.124. The molecule has 2 aromatic rings. The summed E-state index contributed by atoms with van der Waals surface area (Å²) in [5.74, 6) is 0.124. The maximum Gasteiger partial charge on any atom is 0.222 e. The Kier molecular flexibility index (Phi) is 4.64. The Morgan fingerprint density at radius 1 is 1.32 bits per heavy atom. The van der Waals surface area contributed by atoms with Crippen LogP contribution in [0.5, 0.6) is 0 Å². The van der Waals surface area contributed by atoms with Crippen LogP contribution in [0, 0.1) is 0 Å². The number of carbonyl (C=O) groups is 1. The number of likely N-dealkylation sites (tertiary alicyclic amines) is 1. The summed E-state index contributed by atoms with van der Waals surface area (Å²) in [6.07, 6.45) is 5.36. The van der Waals surface area contributed by atoms with Crippen LogP contribution in [0.3, 0.4) is 0 Å². The monoisotopic (exact) mass is 338 g/mol. The third-order valence-electron chi connectivity index (χ3n) is 3.98. The van der Waals surface area contributed by atoms with E-state index in [0.29, 0.717) is 29.4 Å². The minimum absolute atomic E-state index is 0.124. The predicted octanol–water partition coefficient (Wildman–Crippen LogP) is 2.99. The van der Waals surface area contributed by atoms with E-state index >= 15 is 0 Å². The maximum absolute atomic E-state index is 12.4. The van der Waals surface area contributed by atoms with Gasteiger partial charge < -0.3 is 4.90 Å². The molecule has 1 unspecified atom stereocenters. The molecule has 1 aromatic heterocycles. The fourth-order valence-electron chi connectivity index (χ4n) is 2.76. The summed E-state index contributed by atoms with van der Waals surface area (Å²) in [5, 5.41) is 9.04. The van der Waals surface area contributed by atoms with E-state index in [1.807, 2.05) is 15.8 Å². The van der Waals surface area contributed by atoms with E-state index in [4.69, 9.17) is 23.2 Å². The number of rotatable bonds is 4. The molecule has 1 atom stereocenters. The molecule has 1 amide bonds. The van der Waals surface area contributed by atoms with Crippen LogP contribution in [0.2, 0.25) is 10.0 Å². The van der Waals surface area contributed by atoms with Crippen molar-refractivity contribution in [2.75, 3.05) is 13.1 Å². The van der Waals surface area contributed by atoms with Gasteiger partial charge in [-0.25, -0.2) is 4.68 Å². The van der Waals surface area contributed by atoms with Gasteiger partial charge in [0.15, 0.2) is 0 Å². The summed E-state index contributed by atoms with van der Waals surface area (Å²) in [6, 6.07) is 5.61. The fraction of sp³-hybridized carbons (Fsp3) is 0.400. The van der Waals surface area contributed by atoms with Crippen molar-refractivity contribution in [2.24, 2.45) is 0 Å². The molecule has 1 aliphatic heterocycles. The van der Waals surface area contributed by atoms with Gasteiger partial charge in [0.1, 0.15) is 0 Å². The summed E-state index contributed by atoms with van der Waals surface area (Å²) in [7, 11) is 0. The Balaban J connectivity index is 1.57. The van der Waals surface area contributed by atoms with Crippen molar-refractivity contribution in [2.45, 2.75) is 25.3 Å². The second-order valence-corrected chi connectivity index (χ2v) is 6.18. The third-order valence-corrected chi connectivity index (χ3v) is 4.69. The molecule has 7 heteroatoms. The molecule has 1 aliphatic rings. The van der Waals surface area contributed by atoms with Gasteiger partial charge in [0.2, 0.25) is 5.91 Å². The van der Waals surface area contributed by atoms with E-state index in [9.17, 15) is 4.79 Å². The molecular formula is C15H16Cl2N4O. The molecule has 1 aromatic carbocycles. The Morgan fingerprint density at radius 2 is 2.09 bits per heavy atom. The van der Waals surface area contributed by atoms with Crippen LogP contribution < -0.4 is 0 Å². The van der Waals surface area contributed by atoms with Crippen molar-refractivity contribution in [3.05, 3.63) is 46.2 Å². The highest BCUT2D eigenvalue weighted by Gasteiger charge is 2.27. The lowest BCUT2D eigenvalue weighted by Gasteiger charge is -2.17. The molecule has 0 bridgehead atoms. The highest BCUT2D eigenvalue weighted by atomic mass is 35.5. The SMILES string of the molecule is O=C(CCc1c(Cl)cccc1Cl)N1CCC(n2ccnn2)C1. The zero-order valence-corrected chi connectivity index (χ0v) is 13.5. The van der Waals surface area contributed by atoms with E-state index in [1.54, 1.807) is 24.4 Å². The number of nitrogens with zero attached hydrogens (tertiary/aromatic N) is 4. The molecule has 0 spiro atoms. The largest absolute Gasteiger partial charge is 0.340 e. The van der Waals surface area contributed by atoms with E-state index in [2.05, 4.69) is 10.3 Å². The predicted molar refractivity (Wildman–Crippen MR) is 85.0 cm³/mol. The quantitative estimate of drug-likeness (QED) is 0.860. The molecule has 22 heavy (non-hydrogen) atoms. The van der Waals surface area contributed by atoms with Crippen molar-refractivity contribution < 1.29 is 4.79 Å². The normalized spacial score (nSPS) is 17.9. The highest BCUT2D eigenvalue weighted by Crippen LogP contribution is 2.26. The molecule has 5 nitrogen and oxygen atoms in total. The van der Waals surface area contributed by atoms with Crippen LogP contribution in [0.4, 0.5) is 0 Å². The molecule has 3 rings (SSSR count). The van der Waals surface area contributed by atoms with Gasteiger partial charge in [-0.1, -0.05) is 34.5 Å². The van der Waals surface area contributed by atoms with Crippen LogP contribution >= 0.6 is 23.2 Å². The number of halogens is 2. The van der Waals surface area contributed by atoms with Gasteiger partial charge in [-0.3, -0.25) is 4.79 Å². The number of hydrogen-bond acceptors (Lipinski definition) is 3. The zero-order valence-electron chi connectivity index (χ0n) is 12.0. The second kappa shape index (κ2) is 6.67. The smallest absolute Gasteiger partial charge is 0.222 e. The molecule has 0 aliphatic carbocycles. The fourth-order valence-corrected chi connectivity index (χ4v) is 3.34. The van der Waals surface area contributed by atoms with E-state index < -0.39 is 0 Å². The third kappa shape index (κ3) is 3.25. The lowest BCUT2D eigenvalue weighted by molar-refractivity contribution is -0.130. The average Bonchev–Trinajstić information content (AvgIpc) is 3.17. The highest BCUT2D eigenvalue weighted by molar-refractivity contribution is 6.36. The summed E-state index contributed by atoms with van der Waals surface area (Å²) in [6.45, 7) is 1.43. The van der Waals surface area contributed by atoms with Gasteiger partial charge >= 0.3 is 0 Å². The Labute approximate surface area is 138 Å². The van der Waals surface area contributed by atoms with Crippen molar-refractivity contribution >= 4 is 29.1 Å². The number of aromatic nitrogens is 3. The summed E-state index contributed by atoms with van der Waals surface area (Å²) < 4.78 is 1.82. The Bertz CT molecular complexity index is 639. The molecule has 0 radical (unpaired) electrons. The molecule has 116 valence electrons. The minimum Gasteiger partial charge on any atom is -0.340 e. The molecule has 1 saturated heterocycles. The number of amides is 1. The summed E-state index contributed by atoms with van der Waals surface area (Å²) >= 11 is 12.3.